The van der Waals surface area contributed by atoms with E-state index >= 15 is 0 Å². The Bertz CT molecular complexity index is 520. The number of carbonyl (C=O) groups is 2. The van der Waals surface area contributed by atoms with E-state index in [1.54, 1.807) is 24.3 Å². The van der Waals surface area contributed by atoms with Gasteiger partial charge >= 0.3 is 11.9 Å². The Hall–Kier alpha value is -1.55. The van der Waals surface area contributed by atoms with Crippen LogP contribution in [0.4, 0.5) is 0 Å². The third-order valence-corrected chi connectivity index (χ3v) is 4.63. The molecule has 1 aromatic rings. The summed E-state index contributed by atoms with van der Waals surface area (Å²) in [6.07, 6.45) is 3.54. The molecule has 5 heteroatoms. The van der Waals surface area contributed by atoms with Crippen LogP contribution < -0.4 is 0 Å². The van der Waals surface area contributed by atoms with Crippen molar-refractivity contribution >= 4 is 23.5 Å². The second-order valence-electron chi connectivity index (χ2n) is 5.55. The average Bonchev–Trinajstić information content (AvgIpc) is 3.00. The zero-order valence-corrected chi connectivity index (χ0v) is 12.7. The molecule has 114 valence electrons. The van der Waals surface area contributed by atoms with Crippen molar-refractivity contribution in [2.24, 2.45) is 11.3 Å². The van der Waals surface area contributed by atoms with E-state index in [0.717, 1.165) is 31.2 Å². The highest BCUT2D eigenvalue weighted by Gasteiger charge is 2.54. The van der Waals surface area contributed by atoms with Crippen molar-refractivity contribution in [2.45, 2.75) is 32.1 Å². The van der Waals surface area contributed by atoms with Crippen molar-refractivity contribution in [3.63, 3.8) is 0 Å². The number of esters is 1. The zero-order valence-electron chi connectivity index (χ0n) is 12.0. The van der Waals surface area contributed by atoms with Gasteiger partial charge in [-0.15, -0.1) is 0 Å². The van der Waals surface area contributed by atoms with Gasteiger partial charge in [0.2, 0.25) is 0 Å². The molecule has 0 amide bonds. The first kappa shape index (κ1) is 15.8. The zero-order chi connectivity index (χ0) is 15.5. The van der Waals surface area contributed by atoms with E-state index in [9.17, 15) is 14.7 Å². The fraction of sp³-hybridized carbons (Fsp3) is 0.500. The monoisotopic (exact) mass is 310 g/mol. The van der Waals surface area contributed by atoms with Gasteiger partial charge in [0.1, 0.15) is 0 Å². The number of methoxy groups -OCH3 is 1. The third-order valence-electron chi connectivity index (χ3n) is 4.38. The lowest BCUT2D eigenvalue weighted by atomic mass is 9.70. The van der Waals surface area contributed by atoms with E-state index in [1.807, 2.05) is 0 Å². The van der Waals surface area contributed by atoms with E-state index in [1.165, 1.54) is 7.11 Å². The Kier molecular flexibility index (Phi) is 4.88. The number of carboxylic acids is 1. The first-order valence-electron chi connectivity index (χ1n) is 7.07. The van der Waals surface area contributed by atoms with E-state index in [4.69, 9.17) is 16.3 Å². The predicted molar refractivity (Wildman–Crippen MR) is 79.2 cm³/mol. The van der Waals surface area contributed by atoms with Crippen molar-refractivity contribution in [1.82, 2.24) is 0 Å². The third kappa shape index (κ3) is 3.05. The van der Waals surface area contributed by atoms with Gasteiger partial charge in [0.15, 0.2) is 5.41 Å². The van der Waals surface area contributed by atoms with Gasteiger partial charge < -0.3 is 9.84 Å². The maximum Gasteiger partial charge on any atom is 0.323 e. The molecule has 0 bridgehead atoms. The number of benzene rings is 1. The second kappa shape index (κ2) is 6.48. The minimum Gasteiger partial charge on any atom is -0.480 e. The first-order valence-corrected chi connectivity index (χ1v) is 7.44. The number of rotatable bonds is 5. The molecule has 0 aliphatic heterocycles. The van der Waals surface area contributed by atoms with Crippen LogP contribution in [-0.2, 0) is 20.7 Å². The Morgan fingerprint density at radius 3 is 2.33 bits per heavy atom. The van der Waals surface area contributed by atoms with Gasteiger partial charge in [-0.2, -0.15) is 0 Å². The molecule has 0 aromatic heterocycles. The summed E-state index contributed by atoms with van der Waals surface area (Å²) in [5, 5.41) is 10.4. The fourth-order valence-electron chi connectivity index (χ4n) is 3.25. The molecule has 1 fully saturated rings. The number of aliphatic carboxylic acids is 1. The van der Waals surface area contributed by atoms with Crippen LogP contribution >= 0.6 is 11.6 Å². The fourth-order valence-corrected chi connectivity index (χ4v) is 3.37. The summed E-state index contributed by atoms with van der Waals surface area (Å²) in [5.74, 6) is -1.94. The lowest BCUT2D eigenvalue weighted by molar-refractivity contribution is -0.171. The maximum atomic E-state index is 12.3. The number of halogens is 1. The summed E-state index contributed by atoms with van der Waals surface area (Å²) in [6.45, 7) is 0. The summed E-state index contributed by atoms with van der Waals surface area (Å²) in [6, 6.07) is 6.93. The topological polar surface area (TPSA) is 63.6 Å². The van der Waals surface area contributed by atoms with E-state index < -0.39 is 17.4 Å². The molecule has 0 heterocycles. The molecule has 1 aliphatic carbocycles. The van der Waals surface area contributed by atoms with Crippen LogP contribution in [0.3, 0.4) is 0 Å². The molecule has 0 saturated heterocycles. The molecule has 1 N–H and O–H groups in total. The number of carbonyl (C=O) groups excluding carboxylic acids is 1. The van der Waals surface area contributed by atoms with Crippen molar-refractivity contribution in [2.75, 3.05) is 7.11 Å². The van der Waals surface area contributed by atoms with E-state index in [2.05, 4.69) is 0 Å². The van der Waals surface area contributed by atoms with Crippen LogP contribution in [0.15, 0.2) is 24.3 Å². The molecular weight excluding hydrogens is 292 g/mol. The normalized spacial score (nSPS) is 18.2. The van der Waals surface area contributed by atoms with Gasteiger partial charge in [0.05, 0.1) is 7.11 Å². The van der Waals surface area contributed by atoms with Gasteiger partial charge in [0, 0.05) is 5.02 Å². The summed E-state index contributed by atoms with van der Waals surface area (Å²) >= 11 is 5.85. The lowest BCUT2D eigenvalue weighted by Gasteiger charge is -2.32. The summed E-state index contributed by atoms with van der Waals surface area (Å²) < 4.78 is 4.84. The summed E-state index contributed by atoms with van der Waals surface area (Å²) in [4.78, 5) is 24.3. The van der Waals surface area contributed by atoms with Gasteiger partial charge in [-0.1, -0.05) is 36.6 Å². The minimum absolute atomic E-state index is 0.136. The molecule has 0 radical (unpaired) electrons. The number of carboxylic acid groups (broad SMARTS) is 1. The standard InChI is InChI=1S/C16H19ClO4/c1-21-15(20)16(14(18)19,12-4-2-3-5-12)10-11-6-8-13(17)9-7-11/h6-9,12H,2-5,10H2,1H3,(H,18,19). The van der Waals surface area contributed by atoms with E-state index in [0.29, 0.717) is 5.02 Å². The molecule has 21 heavy (non-hydrogen) atoms. The predicted octanol–water partition coefficient (Wildman–Crippen LogP) is 3.32. The van der Waals surface area contributed by atoms with Crippen LogP contribution in [0, 0.1) is 11.3 Å². The highest BCUT2D eigenvalue weighted by Crippen LogP contribution is 2.43. The summed E-state index contributed by atoms with van der Waals surface area (Å²) in [5.41, 5.74) is -0.724. The Morgan fingerprint density at radius 2 is 1.86 bits per heavy atom. The quantitative estimate of drug-likeness (QED) is 0.669. The molecule has 1 saturated carbocycles. The van der Waals surface area contributed by atoms with Gasteiger partial charge in [-0.05, 0) is 42.9 Å². The van der Waals surface area contributed by atoms with Crippen molar-refractivity contribution in [3.8, 4) is 0 Å². The van der Waals surface area contributed by atoms with Crippen molar-refractivity contribution in [3.05, 3.63) is 34.9 Å². The molecule has 1 aliphatic rings. The number of hydrogen-bond acceptors (Lipinski definition) is 3. The second-order valence-corrected chi connectivity index (χ2v) is 5.99. The molecule has 1 atom stereocenters. The van der Waals surface area contributed by atoms with Crippen LogP contribution in [0.5, 0.6) is 0 Å². The first-order chi connectivity index (χ1) is 10.0. The molecule has 1 aromatic carbocycles. The molecule has 1 unspecified atom stereocenters. The maximum absolute atomic E-state index is 12.3. The van der Waals surface area contributed by atoms with Crippen LogP contribution in [0.25, 0.3) is 0 Å². The lowest BCUT2D eigenvalue weighted by Crippen LogP contribution is -2.47. The van der Waals surface area contributed by atoms with Gasteiger partial charge in [-0.25, -0.2) is 0 Å². The van der Waals surface area contributed by atoms with Gasteiger partial charge in [0.25, 0.3) is 0 Å². The molecule has 2 rings (SSSR count). The largest absolute Gasteiger partial charge is 0.480 e. The molecular formula is C16H19ClO4. The minimum atomic E-state index is -1.50. The van der Waals surface area contributed by atoms with Crippen molar-refractivity contribution < 1.29 is 19.4 Å². The smallest absolute Gasteiger partial charge is 0.323 e. The molecule has 0 spiro atoms. The summed E-state index contributed by atoms with van der Waals surface area (Å²) in [7, 11) is 1.25. The Morgan fingerprint density at radius 1 is 1.29 bits per heavy atom. The Balaban J connectivity index is 2.40. The van der Waals surface area contributed by atoms with Crippen LogP contribution in [0.1, 0.15) is 31.2 Å². The van der Waals surface area contributed by atoms with Gasteiger partial charge in [-0.3, -0.25) is 9.59 Å². The highest BCUT2D eigenvalue weighted by atomic mass is 35.5. The van der Waals surface area contributed by atoms with E-state index in [-0.39, 0.29) is 12.3 Å². The SMILES string of the molecule is COC(=O)C(Cc1ccc(Cl)cc1)(C(=O)O)C1CCCC1. The van der Waals surface area contributed by atoms with Crippen LogP contribution in [-0.4, -0.2) is 24.2 Å². The average molecular weight is 311 g/mol. The molecule has 4 nitrogen and oxygen atoms in total. The highest BCUT2D eigenvalue weighted by molar-refractivity contribution is 6.30. The Labute approximate surface area is 129 Å². The van der Waals surface area contributed by atoms with Crippen molar-refractivity contribution in [1.29, 1.82) is 0 Å². The van der Waals surface area contributed by atoms with Crippen LogP contribution in [0.2, 0.25) is 5.02 Å². The number of hydrogen-bond donors (Lipinski definition) is 1. The number of ether oxygens (including phenoxy) is 1.